The van der Waals surface area contributed by atoms with Gasteiger partial charge in [-0.1, -0.05) is 13.0 Å². The van der Waals surface area contributed by atoms with Crippen molar-refractivity contribution in [3.8, 4) is 0 Å². The lowest BCUT2D eigenvalue weighted by Gasteiger charge is -2.15. The molecule has 0 fully saturated rings. The molecule has 54 valence electrons. The summed E-state index contributed by atoms with van der Waals surface area (Å²) >= 11 is 0. The normalized spacial score (nSPS) is 30.6. The van der Waals surface area contributed by atoms with Crippen LogP contribution in [-0.4, -0.2) is 18.0 Å². The van der Waals surface area contributed by atoms with E-state index in [9.17, 15) is 4.79 Å². The van der Waals surface area contributed by atoms with Crippen LogP contribution in [0.2, 0.25) is 0 Å². The van der Waals surface area contributed by atoms with Crippen LogP contribution in [0.1, 0.15) is 13.8 Å². The maximum atomic E-state index is 10.9. The number of hydrogen-bond acceptors (Lipinski definition) is 2. The Bertz CT molecular complexity index is 193. The molecule has 0 aromatic rings. The fraction of sp³-hybridized carbons (Fsp3) is 0.500. The number of hydrogen-bond donors (Lipinski definition) is 0. The Morgan fingerprint density at radius 1 is 1.60 bits per heavy atom. The summed E-state index contributed by atoms with van der Waals surface area (Å²) in [6.07, 6.45) is 5.56. The second kappa shape index (κ2) is 2.78. The monoisotopic (exact) mass is 137 g/mol. The summed E-state index contributed by atoms with van der Waals surface area (Å²) in [5.41, 5.74) is 0. The van der Waals surface area contributed by atoms with Crippen molar-refractivity contribution < 1.29 is 4.79 Å². The van der Waals surface area contributed by atoms with Crippen LogP contribution in [0, 0.1) is 5.92 Å². The quantitative estimate of drug-likeness (QED) is 0.534. The van der Waals surface area contributed by atoms with Gasteiger partial charge >= 0.3 is 0 Å². The molecule has 0 spiro atoms. The third-order valence-electron chi connectivity index (χ3n) is 1.66. The summed E-state index contributed by atoms with van der Waals surface area (Å²) in [5, 5.41) is 0. The number of nitrogens with zero attached hydrogens (tertiary/aromatic N) is 1. The molecule has 0 radical (unpaired) electrons. The number of carbonyl (C=O) groups excluding carboxylic acids is 1. The highest BCUT2D eigenvalue weighted by Crippen LogP contribution is 2.12. The molecule has 1 rings (SSSR count). The molecule has 2 nitrogen and oxygen atoms in total. The molecule has 1 heterocycles. The highest BCUT2D eigenvalue weighted by molar-refractivity contribution is 5.86. The second-order valence-electron chi connectivity index (χ2n) is 2.60. The number of dihydropyridines is 1. The van der Waals surface area contributed by atoms with Gasteiger partial charge in [0.1, 0.15) is 6.04 Å². The van der Waals surface area contributed by atoms with Crippen LogP contribution in [0.25, 0.3) is 0 Å². The Kier molecular flexibility index (Phi) is 2.00. The van der Waals surface area contributed by atoms with Crippen LogP contribution in [-0.2, 0) is 4.79 Å². The number of rotatable bonds is 1. The maximum Gasteiger partial charge on any atom is 0.154 e. The molecule has 2 atom stereocenters. The average Bonchev–Trinajstić information content (AvgIpc) is 1.88. The molecule has 0 aliphatic carbocycles. The van der Waals surface area contributed by atoms with Gasteiger partial charge in [0.2, 0.25) is 0 Å². The average molecular weight is 137 g/mol. The molecule has 0 aromatic carbocycles. The lowest BCUT2D eigenvalue weighted by Crippen LogP contribution is -2.24. The molecule has 0 saturated heterocycles. The molecule has 0 N–H and O–H groups in total. The van der Waals surface area contributed by atoms with Gasteiger partial charge in [-0.05, 0) is 13.0 Å². The van der Waals surface area contributed by atoms with Crippen molar-refractivity contribution in [2.24, 2.45) is 10.9 Å². The molecule has 0 amide bonds. The van der Waals surface area contributed by atoms with E-state index >= 15 is 0 Å². The lowest BCUT2D eigenvalue weighted by atomic mass is 9.97. The third-order valence-corrected chi connectivity index (χ3v) is 1.66. The van der Waals surface area contributed by atoms with Gasteiger partial charge in [-0.3, -0.25) is 9.79 Å². The first-order valence-corrected chi connectivity index (χ1v) is 3.42. The minimum absolute atomic E-state index is 0.134. The minimum Gasteiger partial charge on any atom is -0.298 e. The van der Waals surface area contributed by atoms with Gasteiger partial charge in [-0.15, -0.1) is 0 Å². The van der Waals surface area contributed by atoms with E-state index in [2.05, 4.69) is 4.99 Å². The van der Waals surface area contributed by atoms with Gasteiger partial charge in [0.25, 0.3) is 0 Å². The van der Waals surface area contributed by atoms with Gasteiger partial charge < -0.3 is 0 Å². The van der Waals surface area contributed by atoms with Crippen molar-refractivity contribution in [2.75, 3.05) is 0 Å². The SMILES string of the molecule is CC(=O)C1N=CC=CC1C. The second-order valence-corrected chi connectivity index (χ2v) is 2.60. The zero-order valence-electron chi connectivity index (χ0n) is 6.24. The maximum absolute atomic E-state index is 10.9. The first kappa shape index (κ1) is 7.19. The zero-order chi connectivity index (χ0) is 7.56. The summed E-state index contributed by atoms with van der Waals surface area (Å²) < 4.78 is 0. The Labute approximate surface area is 60.7 Å². The van der Waals surface area contributed by atoms with Crippen molar-refractivity contribution in [2.45, 2.75) is 19.9 Å². The Morgan fingerprint density at radius 2 is 2.30 bits per heavy atom. The van der Waals surface area contributed by atoms with Gasteiger partial charge in [0.15, 0.2) is 5.78 Å². The van der Waals surface area contributed by atoms with Crippen LogP contribution in [0.5, 0.6) is 0 Å². The number of ketones is 1. The van der Waals surface area contributed by atoms with E-state index in [1.54, 1.807) is 13.1 Å². The fourth-order valence-corrected chi connectivity index (χ4v) is 1.08. The number of carbonyl (C=O) groups is 1. The summed E-state index contributed by atoms with van der Waals surface area (Å²) in [6.45, 7) is 3.58. The van der Waals surface area contributed by atoms with Crippen molar-refractivity contribution in [3.63, 3.8) is 0 Å². The van der Waals surface area contributed by atoms with Crippen molar-refractivity contribution in [3.05, 3.63) is 12.2 Å². The first-order chi connectivity index (χ1) is 4.72. The van der Waals surface area contributed by atoms with Crippen LogP contribution < -0.4 is 0 Å². The molecule has 10 heavy (non-hydrogen) atoms. The topological polar surface area (TPSA) is 29.4 Å². The molecule has 0 aromatic heterocycles. The van der Waals surface area contributed by atoms with Crippen LogP contribution in [0.15, 0.2) is 17.1 Å². The van der Waals surface area contributed by atoms with Gasteiger partial charge in [0, 0.05) is 12.1 Å². The molecule has 2 unspecified atom stereocenters. The van der Waals surface area contributed by atoms with Gasteiger partial charge in [-0.2, -0.15) is 0 Å². The van der Waals surface area contributed by atoms with Crippen molar-refractivity contribution in [1.82, 2.24) is 0 Å². The van der Waals surface area contributed by atoms with Gasteiger partial charge in [0.05, 0.1) is 0 Å². The fourth-order valence-electron chi connectivity index (χ4n) is 1.08. The number of allylic oxidation sites excluding steroid dienone is 1. The number of aliphatic imine (C=N–C) groups is 1. The smallest absolute Gasteiger partial charge is 0.154 e. The van der Waals surface area contributed by atoms with E-state index in [0.717, 1.165) is 0 Å². The molecule has 0 saturated carbocycles. The first-order valence-electron chi connectivity index (χ1n) is 3.42. The Hall–Kier alpha value is -0.920. The van der Waals surface area contributed by atoms with Crippen molar-refractivity contribution >= 4 is 12.0 Å². The van der Waals surface area contributed by atoms with E-state index in [1.807, 2.05) is 19.1 Å². The summed E-state index contributed by atoms with van der Waals surface area (Å²) in [4.78, 5) is 14.9. The largest absolute Gasteiger partial charge is 0.298 e. The van der Waals surface area contributed by atoms with Gasteiger partial charge in [-0.25, -0.2) is 0 Å². The Morgan fingerprint density at radius 3 is 2.70 bits per heavy atom. The molecule has 1 aliphatic rings. The standard InChI is InChI=1S/C8H11NO/c1-6-4-3-5-9-8(6)7(2)10/h3-6,8H,1-2H3. The predicted molar refractivity (Wildman–Crippen MR) is 41.3 cm³/mol. The van der Waals surface area contributed by atoms with E-state index < -0.39 is 0 Å². The van der Waals surface area contributed by atoms with Crippen LogP contribution in [0.4, 0.5) is 0 Å². The van der Waals surface area contributed by atoms with E-state index in [1.165, 1.54) is 0 Å². The Balaban J connectivity index is 2.70. The molecular formula is C8H11NO. The third kappa shape index (κ3) is 1.32. The van der Waals surface area contributed by atoms with E-state index in [0.29, 0.717) is 0 Å². The molecular weight excluding hydrogens is 126 g/mol. The summed E-state index contributed by atoms with van der Waals surface area (Å²) in [6, 6.07) is -0.134. The van der Waals surface area contributed by atoms with Crippen LogP contribution in [0.3, 0.4) is 0 Å². The zero-order valence-corrected chi connectivity index (χ0v) is 6.24. The minimum atomic E-state index is -0.134. The summed E-state index contributed by atoms with van der Waals surface area (Å²) in [7, 11) is 0. The highest BCUT2D eigenvalue weighted by Gasteiger charge is 2.18. The van der Waals surface area contributed by atoms with Crippen LogP contribution >= 0.6 is 0 Å². The number of Topliss-reactive ketones (excluding diaryl/α,β-unsaturated/α-hetero) is 1. The molecule has 1 aliphatic heterocycles. The van der Waals surface area contributed by atoms with E-state index in [4.69, 9.17) is 0 Å². The lowest BCUT2D eigenvalue weighted by molar-refractivity contribution is -0.118. The summed E-state index contributed by atoms with van der Waals surface area (Å²) in [5.74, 6) is 0.413. The van der Waals surface area contributed by atoms with Crippen molar-refractivity contribution in [1.29, 1.82) is 0 Å². The predicted octanol–water partition coefficient (Wildman–Crippen LogP) is 1.22. The highest BCUT2D eigenvalue weighted by atomic mass is 16.1. The molecule has 2 heteroatoms. The molecule has 0 bridgehead atoms. The van der Waals surface area contributed by atoms with E-state index in [-0.39, 0.29) is 17.7 Å².